The average molecular weight is 542 g/mol. The zero-order valence-corrected chi connectivity index (χ0v) is 21.8. The van der Waals surface area contributed by atoms with Crippen LogP contribution in [-0.4, -0.2) is 95.6 Å². The number of hydrogen-bond acceptors (Lipinski definition) is 7. The van der Waals surface area contributed by atoms with Crippen molar-refractivity contribution in [1.29, 1.82) is 0 Å². The van der Waals surface area contributed by atoms with E-state index in [-0.39, 0.29) is 38.6 Å². The van der Waals surface area contributed by atoms with Crippen LogP contribution in [-0.2, 0) is 20.7 Å². The highest BCUT2D eigenvalue weighted by atomic mass is 19.4. The molecule has 0 aromatic carbocycles. The number of carbonyl (C=O) groups excluding carboxylic acids is 4. The highest BCUT2D eigenvalue weighted by molar-refractivity contribution is 6.00. The van der Waals surface area contributed by atoms with Gasteiger partial charge in [-0.2, -0.15) is 13.2 Å². The van der Waals surface area contributed by atoms with Crippen LogP contribution in [0.25, 0.3) is 0 Å². The molecule has 2 rings (SSSR count). The standard InChI is InChI=1S/C25H34F3N5O5/c1-5-7-17-11-18(13-29-12-17)20(34)14-30-22(36)24(3,4)32-8-9-33(23(37)38-10-6-2)19(15-32)21(35)31-16-25(26,27)28/h6,11-13,19H,2,5,7-10,14-16H2,1,3-4H3,(H,30,36)(H,31,35)/t19-/m0/s1. The Morgan fingerprint density at radius 2 is 1.89 bits per heavy atom. The molecule has 1 fully saturated rings. The number of nitrogens with zero attached hydrogens (tertiary/aromatic N) is 3. The molecule has 0 spiro atoms. The van der Waals surface area contributed by atoms with Crippen LogP contribution < -0.4 is 10.6 Å². The number of nitrogens with one attached hydrogen (secondary N) is 2. The van der Waals surface area contributed by atoms with Gasteiger partial charge in [0.15, 0.2) is 5.78 Å². The molecule has 0 aliphatic carbocycles. The number of rotatable bonds is 11. The lowest BCUT2D eigenvalue weighted by molar-refractivity contribution is -0.145. The van der Waals surface area contributed by atoms with Gasteiger partial charge in [0.2, 0.25) is 11.8 Å². The summed E-state index contributed by atoms with van der Waals surface area (Å²) in [6, 6.07) is 0.384. The molecule has 210 valence electrons. The SMILES string of the molecule is C=CCOC(=O)N1CCN(C(C)(C)C(=O)NCC(=O)c2cncc(CCC)c2)C[C@H]1C(=O)NCC(F)(F)F. The van der Waals surface area contributed by atoms with E-state index in [2.05, 4.69) is 16.9 Å². The van der Waals surface area contributed by atoms with E-state index in [1.807, 2.05) is 6.92 Å². The van der Waals surface area contributed by atoms with E-state index in [1.54, 1.807) is 36.3 Å². The smallest absolute Gasteiger partial charge is 0.410 e. The van der Waals surface area contributed by atoms with Gasteiger partial charge >= 0.3 is 12.3 Å². The summed E-state index contributed by atoms with van der Waals surface area (Å²) in [6.07, 6.45) is 0.539. The minimum absolute atomic E-state index is 0.0778. The Hall–Kier alpha value is -3.48. The Kier molecular flexibility index (Phi) is 10.8. The highest BCUT2D eigenvalue weighted by Gasteiger charge is 2.44. The molecule has 0 radical (unpaired) electrons. The van der Waals surface area contributed by atoms with Crippen LogP contribution in [0.1, 0.15) is 43.1 Å². The van der Waals surface area contributed by atoms with Gasteiger partial charge in [-0.05, 0) is 31.9 Å². The Bertz CT molecular complexity index is 1030. The summed E-state index contributed by atoms with van der Waals surface area (Å²) in [7, 11) is 0. The van der Waals surface area contributed by atoms with Crippen molar-refractivity contribution < 1.29 is 37.1 Å². The average Bonchev–Trinajstić information content (AvgIpc) is 2.88. The number of ether oxygens (including phenoxy) is 1. The quantitative estimate of drug-likeness (QED) is 0.325. The van der Waals surface area contributed by atoms with Crippen molar-refractivity contribution in [3.63, 3.8) is 0 Å². The third-order valence-electron chi connectivity index (χ3n) is 6.12. The summed E-state index contributed by atoms with van der Waals surface area (Å²) in [5.41, 5.74) is 0.00820. The van der Waals surface area contributed by atoms with Gasteiger partial charge in [0.1, 0.15) is 19.2 Å². The maximum absolute atomic E-state index is 13.1. The molecule has 0 bridgehead atoms. The minimum atomic E-state index is -4.64. The van der Waals surface area contributed by atoms with Gasteiger partial charge in [0.05, 0.1) is 12.1 Å². The molecule has 1 aromatic heterocycles. The molecule has 2 N–H and O–H groups in total. The normalized spacial score (nSPS) is 16.5. The van der Waals surface area contributed by atoms with Crippen LogP contribution in [0.15, 0.2) is 31.1 Å². The number of ketones is 1. The number of Topliss-reactive ketones (excluding diaryl/α,β-unsaturated/α-hetero) is 1. The van der Waals surface area contributed by atoms with E-state index < -0.39 is 42.2 Å². The summed E-state index contributed by atoms with van der Waals surface area (Å²) in [4.78, 5) is 57.5. The predicted octanol–water partition coefficient (Wildman–Crippen LogP) is 2.10. The van der Waals surface area contributed by atoms with Gasteiger partial charge in [-0.25, -0.2) is 4.79 Å². The molecule has 0 unspecified atom stereocenters. The van der Waals surface area contributed by atoms with Crippen molar-refractivity contribution in [1.82, 2.24) is 25.4 Å². The zero-order chi connectivity index (χ0) is 28.5. The van der Waals surface area contributed by atoms with E-state index in [9.17, 15) is 32.3 Å². The lowest BCUT2D eigenvalue weighted by Crippen LogP contribution is -2.67. The molecule has 10 nitrogen and oxygen atoms in total. The van der Waals surface area contributed by atoms with Crippen LogP contribution in [0.4, 0.5) is 18.0 Å². The lowest BCUT2D eigenvalue weighted by atomic mass is 9.97. The van der Waals surface area contributed by atoms with Crippen molar-refractivity contribution in [3.05, 3.63) is 42.2 Å². The number of aromatic nitrogens is 1. The Morgan fingerprint density at radius 1 is 1.18 bits per heavy atom. The molecule has 0 saturated carbocycles. The molecular weight excluding hydrogens is 507 g/mol. The molecule has 1 aliphatic rings. The second kappa shape index (κ2) is 13.4. The molecule has 13 heteroatoms. The summed E-state index contributed by atoms with van der Waals surface area (Å²) in [6.45, 7) is 6.38. The third-order valence-corrected chi connectivity index (χ3v) is 6.12. The second-order valence-electron chi connectivity index (χ2n) is 9.35. The third kappa shape index (κ3) is 8.54. The largest absolute Gasteiger partial charge is 0.445 e. The van der Waals surface area contributed by atoms with Gasteiger partial charge in [-0.1, -0.05) is 26.0 Å². The number of halogens is 3. The minimum Gasteiger partial charge on any atom is -0.445 e. The number of alkyl halides is 3. The highest BCUT2D eigenvalue weighted by Crippen LogP contribution is 2.22. The van der Waals surface area contributed by atoms with E-state index in [0.717, 1.165) is 23.3 Å². The van der Waals surface area contributed by atoms with E-state index >= 15 is 0 Å². The molecule has 1 aliphatic heterocycles. The first-order valence-electron chi connectivity index (χ1n) is 12.2. The van der Waals surface area contributed by atoms with E-state index in [1.165, 1.54) is 12.3 Å². The van der Waals surface area contributed by atoms with Gasteiger partial charge in [0, 0.05) is 37.6 Å². The van der Waals surface area contributed by atoms with Crippen LogP contribution in [0.3, 0.4) is 0 Å². The molecule has 1 atom stereocenters. The van der Waals surface area contributed by atoms with Crippen molar-refractivity contribution in [2.75, 3.05) is 39.3 Å². The number of aryl methyl sites for hydroxylation is 1. The second-order valence-corrected chi connectivity index (χ2v) is 9.35. The first-order chi connectivity index (χ1) is 17.8. The number of pyridine rings is 1. The maximum atomic E-state index is 13.1. The molecule has 2 heterocycles. The number of amides is 3. The van der Waals surface area contributed by atoms with Crippen molar-refractivity contribution >= 4 is 23.7 Å². The number of hydrogen-bond donors (Lipinski definition) is 2. The topological polar surface area (TPSA) is 121 Å². The number of piperazine rings is 1. The summed E-state index contributed by atoms with van der Waals surface area (Å²) in [5, 5.41) is 4.39. The number of carbonyl (C=O) groups is 4. The van der Waals surface area contributed by atoms with Crippen LogP contribution in [0.2, 0.25) is 0 Å². The summed E-state index contributed by atoms with van der Waals surface area (Å²) in [5.74, 6) is -1.90. The van der Waals surface area contributed by atoms with Gasteiger partial charge in [-0.3, -0.25) is 29.2 Å². The fourth-order valence-corrected chi connectivity index (χ4v) is 3.94. The maximum Gasteiger partial charge on any atom is 0.410 e. The van der Waals surface area contributed by atoms with E-state index in [0.29, 0.717) is 5.56 Å². The van der Waals surface area contributed by atoms with Crippen LogP contribution in [0.5, 0.6) is 0 Å². The summed E-state index contributed by atoms with van der Waals surface area (Å²) >= 11 is 0. The fourth-order valence-electron chi connectivity index (χ4n) is 3.94. The molecular formula is C25H34F3N5O5. The first-order valence-corrected chi connectivity index (χ1v) is 12.2. The van der Waals surface area contributed by atoms with Crippen molar-refractivity contribution in [2.45, 2.75) is 51.4 Å². The van der Waals surface area contributed by atoms with E-state index in [4.69, 9.17) is 4.74 Å². The Morgan fingerprint density at radius 3 is 2.53 bits per heavy atom. The molecule has 1 aromatic rings. The fraction of sp³-hybridized carbons (Fsp3) is 0.560. The van der Waals surface area contributed by atoms with Crippen molar-refractivity contribution in [3.8, 4) is 0 Å². The summed E-state index contributed by atoms with van der Waals surface area (Å²) < 4.78 is 43.0. The Labute approximate surface area is 219 Å². The van der Waals surface area contributed by atoms with Crippen LogP contribution >= 0.6 is 0 Å². The molecule has 3 amide bonds. The van der Waals surface area contributed by atoms with Crippen molar-refractivity contribution in [2.24, 2.45) is 0 Å². The molecule has 38 heavy (non-hydrogen) atoms. The Balaban J connectivity index is 2.11. The molecule has 1 saturated heterocycles. The van der Waals surface area contributed by atoms with Crippen LogP contribution in [0, 0.1) is 0 Å². The lowest BCUT2D eigenvalue weighted by Gasteiger charge is -2.45. The zero-order valence-electron chi connectivity index (χ0n) is 21.8. The first kappa shape index (κ1) is 30.7. The predicted molar refractivity (Wildman–Crippen MR) is 132 cm³/mol. The monoisotopic (exact) mass is 541 g/mol. The van der Waals surface area contributed by atoms with Gasteiger partial charge in [0.25, 0.3) is 0 Å². The van der Waals surface area contributed by atoms with Gasteiger partial charge < -0.3 is 15.4 Å². The van der Waals surface area contributed by atoms with Gasteiger partial charge in [-0.15, -0.1) is 0 Å².